The van der Waals surface area contributed by atoms with E-state index < -0.39 is 5.97 Å². The second-order valence-electron chi connectivity index (χ2n) is 4.91. The fourth-order valence-corrected chi connectivity index (χ4v) is 1.67. The van der Waals surface area contributed by atoms with Gasteiger partial charge >= 0.3 is 5.97 Å². The highest BCUT2D eigenvalue weighted by atomic mass is 16.4. The normalized spacial score (nSPS) is 10.4. The van der Waals surface area contributed by atoms with Crippen molar-refractivity contribution in [3.05, 3.63) is 17.8 Å². The number of aromatic nitrogens is 2. The highest BCUT2D eigenvalue weighted by Gasteiger charge is 2.16. The summed E-state index contributed by atoms with van der Waals surface area (Å²) in [6.07, 6.45) is 0.0260. The highest BCUT2D eigenvalue weighted by Crippen LogP contribution is 2.14. The average Bonchev–Trinajstić information content (AvgIpc) is 2.38. The number of hydrogen-bond donors (Lipinski definition) is 1. The van der Waals surface area contributed by atoms with Gasteiger partial charge in [0.25, 0.3) is 5.91 Å². The quantitative estimate of drug-likeness (QED) is 0.832. The van der Waals surface area contributed by atoms with E-state index in [1.54, 1.807) is 26.2 Å². The Bertz CT molecular complexity index is 471. The molecule has 0 bridgehead atoms. The summed E-state index contributed by atoms with van der Waals surface area (Å²) in [5, 5.41) is 16.7. The van der Waals surface area contributed by atoms with Gasteiger partial charge in [-0.2, -0.15) is 0 Å². The molecule has 0 spiro atoms. The average molecular weight is 280 g/mol. The van der Waals surface area contributed by atoms with Crippen LogP contribution in [0.5, 0.6) is 0 Å². The standard InChI is InChI=1S/C13H20N4O3/c1-9(2)17(8-7-12(18)19)11-6-5-10(14-15-11)13(20)16(3)4/h5-6,9H,7-8H2,1-4H3,(H,18,19). The van der Waals surface area contributed by atoms with E-state index >= 15 is 0 Å². The van der Waals surface area contributed by atoms with Gasteiger partial charge in [-0.1, -0.05) is 0 Å². The van der Waals surface area contributed by atoms with E-state index in [2.05, 4.69) is 10.2 Å². The van der Waals surface area contributed by atoms with Crippen LogP contribution in [0, 0.1) is 0 Å². The van der Waals surface area contributed by atoms with Crippen LogP contribution < -0.4 is 4.90 Å². The van der Waals surface area contributed by atoms with Crippen molar-refractivity contribution < 1.29 is 14.7 Å². The third-order valence-electron chi connectivity index (χ3n) is 2.76. The molecule has 0 aliphatic rings. The van der Waals surface area contributed by atoms with Crippen molar-refractivity contribution in [1.82, 2.24) is 15.1 Å². The van der Waals surface area contributed by atoms with Crippen molar-refractivity contribution in [3.8, 4) is 0 Å². The number of hydrogen-bond acceptors (Lipinski definition) is 5. The lowest BCUT2D eigenvalue weighted by molar-refractivity contribution is -0.136. The Balaban J connectivity index is 2.88. The van der Waals surface area contributed by atoms with Gasteiger partial charge in [0.05, 0.1) is 6.42 Å². The maximum absolute atomic E-state index is 11.7. The number of nitrogens with zero attached hydrogens (tertiary/aromatic N) is 4. The molecule has 0 radical (unpaired) electrons. The second-order valence-corrected chi connectivity index (χ2v) is 4.91. The first-order valence-corrected chi connectivity index (χ1v) is 6.36. The maximum Gasteiger partial charge on any atom is 0.305 e. The molecule has 110 valence electrons. The van der Waals surface area contributed by atoms with Crippen molar-refractivity contribution in [3.63, 3.8) is 0 Å². The van der Waals surface area contributed by atoms with Gasteiger partial charge in [-0.3, -0.25) is 9.59 Å². The van der Waals surface area contributed by atoms with Gasteiger partial charge < -0.3 is 14.9 Å². The van der Waals surface area contributed by atoms with Gasteiger partial charge in [0.15, 0.2) is 11.5 Å². The summed E-state index contributed by atoms with van der Waals surface area (Å²) in [5.41, 5.74) is 0.265. The number of carboxylic acids is 1. The van der Waals surface area contributed by atoms with E-state index in [4.69, 9.17) is 5.11 Å². The molecule has 0 aliphatic carbocycles. The van der Waals surface area contributed by atoms with Crippen molar-refractivity contribution in [2.75, 3.05) is 25.5 Å². The smallest absolute Gasteiger partial charge is 0.305 e. The molecule has 0 atom stereocenters. The molecular formula is C13H20N4O3. The van der Waals surface area contributed by atoms with E-state index in [0.717, 1.165) is 0 Å². The van der Waals surface area contributed by atoms with E-state index in [1.165, 1.54) is 4.90 Å². The molecule has 0 fully saturated rings. The van der Waals surface area contributed by atoms with E-state index in [1.807, 2.05) is 18.7 Å². The minimum absolute atomic E-state index is 0.0260. The third kappa shape index (κ3) is 4.18. The molecule has 1 aromatic rings. The Morgan fingerprint density at radius 1 is 1.25 bits per heavy atom. The maximum atomic E-state index is 11.7. The van der Waals surface area contributed by atoms with Crippen LogP contribution in [0.4, 0.5) is 5.82 Å². The molecule has 1 N–H and O–H groups in total. The van der Waals surface area contributed by atoms with Crippen molar-refractivity contribution in [2.45, 2.75) is 26.3 Å². The summed E-state index contributed by atoms with van der Waals surface area (Å²) in [6, 6.07) is 3.38. The Morgan fingerprint density at radius 2 is 1.90 bits per heavy atom. The van der Waals surface area contributed by atoms with Gasteiger partial charge in [0, 0.05) is 26.7 Å². The first-order chi connectivity index (χ1) is 9.32. The van der Waals surface area contributed by atoms with Gasteiger partial charge in [0.1, 0.15) is 0 Å². The van der Waals surface area contributed by atoms with Crippen LogP contribution in [0.25, 0.3) is 0 Å². The van der Waals surface area contributed by atoms with E-state index in [0.29, 0.717) is 12.4 Å². The number of amides is 1. The predicted molar refractivity (Wildman–Crippen MR) is 74.8 cm³/mol. The Kier molecular flexibility index (Phi) is 5.42. The first-order valence-electron chi connectivity index (χ1n) is 6.36. The molecule has 1 heterocycles. The lowest BCUT2D eigenvalue weighted by atomic mass is 10.2. The fourth-order valence-electron chi connectivity index (χ4n) is 1.67. The van der Waals surface area contributed by atoms with Crippen LogP contribution >= 0.6 is 0 Å². The molecule has 20 heavy (non-hydrogen) atoms. The summed E-state index contributed by atoms with van der Waals surface area (Å²) in [6.45, 7) is 4.24. The van der Waals surface area contributed by atoms with Gasteiger partial charge in [-0.05, 0) is 26.0 Å². The number of carboxylic acid groups (broad SMARTS) is 1. The van der Waals surface area contributed by atoms with Gasteiger partial charge in [-0.15, -0.1) is 10.2 Å². The first kappa shape index (κ1) is 15.9. The summed E-state index contributed by atoms with van der Waals surface area (Å²) in [7, 11) is 3.29. The highest BCUT2D eigenvalue weighted by molar-refractivity contribution is 5.91. The van der Waals surface area contributed by atoms with E-state index in [9.17, 15) is 9.59 Å². The summed E-state index contributed by atoms with van der Waals surface area (Å²) in [4.78, 5) is 25.6. The topological polar surface area (TPSA) is 86.6 Å². The largest absolute Gasteiger partial charge is 0.481 e. The number of carbonyl (C=O) groups excluding carboxylic acids is 1. The van der Waals surface area contributed by atoms with Gasteiger partial charge in [0.2, 0.25) is 0 Å². The number of anilines is 1. The molecule has 0 saturated carbocycles. The zero-order chi connectivity index (χ0) is 15.3. The molecular weight excluding hydrogens is 260 g/mol. The summed E-state index contributed by atoms with van der Waals surface area (Å²) >= 11 is 0. The van der Waals surface area contributed by atoms with E-state index in [-0.39, 0.29) is 24.1 Å². The van der Waals surface area contributed by atoms with Crippen LogP contribution in [0.1, 0.15) is 30.8 Å². The number of aliphatic carboxylic acids is 1. The van der Waals surface area contributed by atoms with Crippen molar-refractivity contribution in [1.29, 1.82) is 0 Å². The fraction of sp³-hybridized carbons (Fsp3) is 0.538. The zero-order valence-electron chi connectivity index (χ0n) is 12.2. The molecule has 0 unspecified atom stereocenters. The molecule has 1 rings (SSSR count). The SMILES string of the molecule is CC(C)N(CCC(=O)O)c1ccc(C(=O)N(C)C)nn1. The van der Waals surface area contributed by atoms with Gasteiger partial charge in [-0.25, -0.2) is 0 Å². The van der Waals surface area contributed by atoms with Crippen molar-refractivity contribution in [2.24, 2.45) is 0 Å². The summed E-state index contributed by atoms with van der Waals surface area (Å²) in [5.74, 6) is -0.509. The Hall–Kier alpha value is -2.18. The molecule has 0 aliphatic heterocycles. The van der Waals surface area contributed by atoms with Crippen LogP contribution in [0.2, 0.25) is 0 Å². The minimum Gasteiger partial charge on any atom is -0.481 e. The lowest BCUT2D eigenvalue weighted by Crippen LogP contribution is -2.34. The van der Waals surface area contributed by atoms with Crippen molar-refractivity contribution >= 4 is 17.7 Å². The zero-order valence-corrected chi connectivity index (χ0v) is 12.2. The lowest BCUT2D eigenvalue weighted by Gasteiger charge is -2.26. The Morgan fingerprint density at radius 3 is 2.30 bits per heavy atom. The number of rotatable bonds is 6. The van der Waals surface area contributed by atoms with Crippen LogP contribution in [0.3, 0.4) is 0 Å². The molecule has 1 aromatic heterocycles. The minimum atomic E-state index is -0.858. The van der Waals surface area contributed by atoms with Crippen LogP contribution in [-0.4, -0.2) is 58.8 Å². The molecule has 7 nitrogen and oxygen atoms in total. The molecule has 7 heteroatoms. The van der Waals surface area contributed by atoms with Crippen LogP contribution in [0.15, 0.2) is 12.1 Å². The molecule has 0 aromatic carbocycles. The number of carbonyl (C=O) groups is 2. The summed E-state index contributed by atoms with van der Waals surface area (Å²) < 4.78 is 0. The second kappa shape index (κ2) is 6.83. The molecule has 0 saturated heterocycles. The van der Waals surface area contributed by atoms with Crippen LogP contribution in [-0.2, 0) is 4.79 Å². The monoisotopic (exact) mass is 280 g/mol. The third-order valence-corrected chi connectivity index (χ3v) is 2.76. The predicted octanol–water partition coefficient (Wildman–Crippen LogP) is 0.868. The Labute approximate surface area is 118 Å². The molecule has 1 amide bonds.